The van der Waals surface area contributed by atoms with Crippen LogP contribution < -0.4 is 0 Å². The highest BCUT2D eigenvalue weighted by Gasteiger charge is 2.03. The van der Waals surface area contributed by atoms with Crippen molar-refractivity contribution < 1.29 is 9.90 Å². The Bertz CT molecular complexity index is 317. The molecule has 70 valence electrons. The van der Waals surface area contributed by atoms with Gasteiger partial charge in [-0.2, -0.15) is 0 Å². The molecule has 0 radical (unpaired) electrons. The van der Waals surface area contributed by atoms with Gasteiger partial charge in [0, 0.05) is 16.1 Å². The summed E-state index contributed by atoms with van der Waals surface area (Å²) in [6.45, 7) is 0. The number of hydrogen-bond acceptors (Lipinski definition) is 2. The number of carboxylic acids is 1. The van der Waals surface area contributed by atoms with E-state index in [-0.39, 0.29) is 0 Å². The van der Waals surface area contributed by atoms with Gasteiger partial charge in [0.2, 0.25) is 0 Å². The van der Waals surface area contributed by atoms with Crippen molar-refractivity contribution in [1.29, 1.82) is 0 Å². The fourth-order valence-corrected chi connectivity index (χ4v) is 1.74. The highest BCUT2D eigenvalue weighted by molar-refractivity contribution is 7.11. The van der Waals surface area contributed by atoms with E-state index in [1.54, 1.807) is 11.4 Å². The number of hydrogen-bond donors (Lipinski definition) is 1. The van der Waals surface area contributed by atoms with Crippen LogP contribution in [0.3, 0.4) is 0 Å². The molecule has 0 bridgehead atoms. The van der Waals surface area contributed by atoms with Crippen molar-refractivity contribution >= 4 is 35.0 Å². The molecule has 0 saturated carbocycles. The predicted molar refractivity (Wildman–Crippen MR) is 55.6 cm³/mol. The number of aromatic carboxylic acids is 1. The van der Waals surface area contributed by atoms with Gasteiger partial charge in [-0.15, -0.1) is 22.9 Å². The number of rotatable bonds is 4. The summed E-state index contributed by atoms with van der Waals surface area (Å²) in [5, 5.41) is 10.3. The lowest BCUT2D eigenvalue weighted by atomic mass is 10.3. The van der Waals surface area contributed by atoms with Crippen LogP contribution in [0.2, 0.25) is 0 Å². The molecule has 0 aliphatic carbocycles. The SMILES string of the molecule is O=C(O)c1csc(C=CCCCl)c1. The summed E-state index contributed by atoms with van der Waals surface area (Å²) in [6.07, 6.45) is 4.63. The highest BCUT2D eigenvalue weighted by Crippen LogP contribution is 2.16. The van der Waals surface area contributed by atoms with Gasteiger partial charge in [0.25, 0.3) is 0 Å². The Morgan fingerprint density at radius 2 is 2.46 bits per heavy atom. The molecule has 1 rings (SSSR count). The number of halogens is 1. The summed E-state index contributed by atoms with van der Waals surface area (Å²) in [4.78, 5) is 11.5. The number of carboxylic acid groups (broad SMARTS) is 1. The van der Waals surface area contributed by atoms with Crippen LogP contribution in [0.25, 0.3) is 6.08 Å². The van der Waals surface area contributed by atoms with Crippen molar-refractivity contribution in [3.8, 4) is 0 Å². The fraction of sp³-hybridized carbons (Fsp3) is 0.222. The van der Waals surface area contributed by atoms with Gasteiger partial charge in [-0.25, -0.2) is 4.79 Å². The van der Waals surface area contributed by atoms with Crippen molar-refractivity contribution in [1.82, 2.24) is 0 Å². The lowest BCUT2D eigenvalue weighted by Crippen LogP contribution is -1.91. The van der Waals surface area contributed by atoms with E-state index in [2.05, 4.69) is 0 Å². The monoisotopic (exact) mass is 216 g/mol. The van der Waals surface area contributed by atoms with E-state index in [4.69, 9.17) is 16.7 Å². The van der Waals surface area contributed by atoms with Crippen LogP contribution in [-0.4, -0.2) is 17.0 Å². The van der Waals surface area contributed by atoms with E-state index in [0.29, 0.717) is 11.4 Å². The molecule has 4 heteroatoms. The summed E-state index contributed by atoms with van der Waals surface area (Å²) < 4.78 is 0. The zero-order valence-corrected chi connectivity index (χ0v) is 8.44. The number of carbonyl (C=O) groups is 1. The topological polar surface area (TPSA) is 37.3 Å². The molecule has 1 aromatic rings. The molecular weight excluding hydrogens is 208 g/mol. The third-order valence-corrected chi connectivity index (χ3v) is 2.54. The minimum Gasteiger partial charge on any atom is -0.478 e. The summed E-state index contributed by atoms with van der Waals surface area (Å²) in [7, 11) is 0. The van der Waals surface area contributed by atoms with Crippen LogP contribution in [0.4, 0.5) is 0 Å². The number of thiophene rings is 1. The lowest BCUT2D eigenvalue weighted by Gasteiger charge is -1.83. The maximum absolute atomic E-state index is 10.5. The molecule has 13 heavy (non-hydrogen) atoms. The van der Waals surface area contributed by atoms with E-state index in [1.807, 2.05) is 12.2 Å². The van der Waals surface area contributed by atoms with Crippen molar-refractivity contribution in [3.05, 3.63) is 28.0 Å². The normalized spacial score (nSPS) is 10.8. The third-order valence-electron chi connectivity index (χ3n) is 1.42. The molecule has 0 amide bonds. The minimum atomic E-state index is -0.881. The number of alkyl halides is 1. The molecule has 2 nitrogen and oxygen atoms in total. The second-order valence-electron chi connectivity index (χ2n) is 2.42. The maximum atomic E-state index is 10.5. The van der Waals surface area contributed by atoms with Crippen LogP contribution in [0.15, 0.2) is 17.5 Å². The smallest absolute Gasteiger partial charge is 0.336 e. The van der Waals surface area contributed by atoms with Gasteiger partial charge in [0.05, 0.1) is 5.56 Å². The van der Waals surface area contributed by atoms with Crippen LogP contribution in [0, 0.1) is 0 Å². The van der Waals surface area contributed by atoms with Gasteiger partial charge in [-0.1, -0.05) is 6.08 Å². The van der Waals surface area contributed by atoms with Crippen molar-refractivity contribution in [2.75, 3.05) is 5.88 Å². The summed E-state index contributed by atoms with van der Waals surface area (Å²) in [6, 6.07) is 1.65. The molecule has 1 heterocycles. The zero-order chi connectivity index (χ0) is 9.68. The first-order valence-corrected chi connectivity index (χ1v) is 5.20. The molecule has 0 atom stereocenters. The van der Waals surface area contributed by atoms with Gasteiger partial charge in [-0.05, 0) is 18.6 Å². The Kier molecular flexibility index (Phi) is 3.99. The first-order chi connectivity index (χ1) is 6.24. The van der Waals surface area contributed by atoms with Gasteiger partial charge in [-0.3, -0.25) is 0 Å². The molecular formula is C9H9ClO2S. The molecule has 0 saturated heterocycles. The molecule has 0 aromatic carbocycles. The Morgan fingerprint density at radius 1 is 1.69 bits per heavy atom. The average molecular weight is 217 g/mol. The first-order valence-electron chi connectivity index (χ1n) is 3.78. The van der Waals surface area contributed by atoms with Gasteiger partial charge in [0.15, 0.2) is 0 Å². The van der Waals surface area contributed by atoms with Crippen LogP contribution in [0.1, 0.15) is 21.7 Å². The second-order valence-corrected chi connectivity index (χ2v) is 3.74. The molecule has 1 aromatic heterocycles. The standard InChI is InChI=1S/C9H9ClO2S/c10-4-2-1-3-8-5-7(6-13-8)9(11)12/h1,3,5-6H,2,4H2,(H,11,12). The predicted octanol–water partition coefficient (Wildman–Crippen LogP) is 3.09. The Labute approximate surface area is 85.5 Å². The molecule has 0 fully saturated rings. The maximum Gasteiger partial charge on any atom is 0.336 e. The Balaban J connectivity index is 2.64. The number of allylic oxidation sites excluding steroid dienone is 1. The van der Waals surface area contributed by atoms with Crippen molar-refractivity contribution in [2.45, 2.75) is 6.42 Å². The largest absolute Gasteiger partial charge is 0.478 e. The zero-order valence-electron chi connectivity index (χ0n) is 6.87. The molecule has 1 N–H and O–H groups in total. The first kappa shape index (κ1) is 10.3. The van der Waals surface area contributed by atoms with Crippen LogP contribution in [-0.2, 0) is 0 Å². The molecule has 0 unspecified atom stereocenters. The van der Waals surface area contributed by atoms with Crippen LogP contribution >= 0.6 is 22.9 Å². The van der Waals surface area contributed by atoms with Gasteiger partial charge in [0.1, 0.15) is 0 Å². The van der Waals surface area contributed by atoms with E-state index >= 15 is 0 Å². The molecule has 0 spiro atoms. The van der Waals surface area contributed by atoms with Crippen molar-refractivity contribution in [3.63, 3.8) is 0 Å². The summed E-state index contributed by atoms with van der Waals surface area (Å²) >= 11 is 6.90. The van der Waals surface area contributed by atoms with E-state index in [0.717, 1.165) is 11.3 Å². The third kappa shape index (κ3) is 3.20. The van der Waals surface area contributed by atoms with Crippen molar-refractivity contribution in [2.24, 2.45) is 0 Å². The summed E-state index contributed by atoms with van der Waals surface area (Å²) in [5.41, 5.74) is 0.343. The quantitative estimate of drug-likeness (QED) is 0.786. The highest BCUT2D eigenvalue weighted by atomic mass is 35.5. The Morgan fingerprint density at radius 3 is 3.00 bits per heavy atom. The van der Waals surface area contributed by atoms with E-state index < -0.39 is 5.97 Å². The van der Waals surface area contributed by atoms with E-state index in [1.165, 1.54) is 11.3 Å². The van der Waals surface area contributed by atoms with Crippen LogP contribution in [0.5, 0.6) is 0 Å². The van der Waals surface area contributed by atoms with Gasteiger partial charge < -0.3 is 5.11 Å². The Hall–Kier alpha value is -0.800. The minimum absolute atomic E-state index is 0.343. The van der Waals surface area contributed by atoms with Gasteiger partial charge >= 0.3 is 5.97 Å². The lowest BCUT2D eigenvalue weighted by molar-refractivity contribution is 0.0697. The average Bonchev–Trinajstić information content (AvgIpc) is 2.53. The fourth-order valence-electron chi connectivity index (χ4n) is 0.815. The molecule has 0 aliphatic heterocycles. The van der Waals surface area contributed by atoms with E-state index in [9.17, 15) is 4.79 Å². The second kappa shape index (κ2) is 5.04. The summed E-state index contributed by atoms with van der Waals surface area (Å²) in [5.74, 6) is -0.290. The molecule has 0 aliphatic rings.